The van der Waals surface area contributed by atoms with Crippen molar-refractivity contribution in [2.24, 2.45) is 5.92 Å². The molecule has 94 valence electrons. The lowest BCUT2D eigenvalue weighted by Gasteiger charge is -2.23. The Labute approximate surface area is 101 Å². The predicted molar refractivity (Wildman–Crippen MR) is 63.9 cm³/mol. The monoisotopic (exact) mass is 239 g/mol. The Morgan fingerprint density at radius 1 is 1.53 bits per heavy atom. The van der Waals surface area contributed by atoms with Gasteiger partial charge in [-0.1, -0.05) is 0 Å². The summed E-state index contributed by atoms with van der Waals surface area (Å²) < 4.78 is 18.3. The van der Waals surface area contributed by atoms with Gasteiger partial charge in [-0.15, -0.1) is 0 Å². The number of benzene rings is 1. The molecule has 0 amide bonds. The van der Waals surface area contributed by atoms with Crippen LogP contribution in [0.1, 0.15) is 18.4 Å². The molecule has 0 aliphatic carbocycles. The lowest BCUT2D eigenvalue weighted by molar-refractivity contribution is 0.359. The first-order valence-electron chi connectivity index (χ1n) is 5.97. The van der Waals surface area contributed by atoms with E-state index in [0.29, 0.717) is 11.7 Å². The fourth-order valence-electron chi connectivity index (χ4n) is 2.35. The average molecular weight is 239 g/mol. The van der Waals surface area contributed by atoms with Crippen LogP contribution in [0.2, 0.25) is 0 Å². The highest BCUT2D eigenvalue weighted by molar-refractivity contribution is 5.41. The Morgan fingerprint density at radius 2 is 2.35 bits per heavy atom. The molecule has 0 radical (unpaired) electrons. The zero-order valence-corrected chi connectivity index (χ0v) is 10.0. The lowest BCUT2D eigenvalue weighted by atomic mass is 9.92. The summed E-state index contributed by atoms with van der Waals surface area (Å²) in [5, 5.41) is 12.7. The first-order chi connectivity index (χ1) is 8.20. The molecule has 17 heavy (non-hydrogen) atoms. The van der Waals surface area contributed by atoms with Gasteiger partial charge in [-0.05, 0) is 49.9 Å². The van der Waals surface area contributed by atoms with Crippen LogP contribution in [0.3, 0.4) is 0 Å². The molecule has 0 aromatic heterocycles. The summed E-state index contributed by atoms with van der Waals surface area (Å²) in [6.07, 6.45) is 3.14. The molecule has 4 heteroatoms. The molecule has 0 bridgehead atoms. The van der Waals surface area contributed by atoms with Crippen LogP contribution in [0.4, 0.5) is 4.39 Å². The Kier molecular flexibility index (Phi) is 3.84. The smallest absolute Gasteiger partial charge is 0.168 e. The second kappa shape index (κ2) is 5.36. The molecule has 0 spiro atoms. The number of methoxy groups -OCH3 is 1. The fraction of sp³-hybridized carbons (Fsp3) is 0.538. The Bertz CT molecular complexity index is 389. The van der Waals surface area contributed by atoms with Crippen molar-refractivity contribution in [3.63, 3.8) is 0 Å². The van der Waals surface area contributed by atoms with E-state index < -0.39 is 5.82 Å². The van der Waals surface area contributed by atoms with Crippen LogP contribution < -0.4 is 10.1 Å². The zero-order chi connectivity index (χ0) is 12.3. The van der Waals surface area contributed by atoms with Gasteiger partial charge < -0.3 is 15.2 Å². The van der Waals surface area contributed by atoms with Crippen LogP contribution in [0.25, 0.3) is 0 Å². The summed E-state index contributed by atoms with van der Waals surface area (Å²) in [5.41, 5.74) is 0.875. The molecule has 1 saturated heterocycles. The topological polar surface area (TPSA) is 41.5 Å². The number of ether oxygens (including phenoxy) is 1. The van der Waals surface area contributed by atoms with Crippen molar-refractivity contribution in [3.8, 4) is 11.5 Å². The first-order valence-corrected chi connectivity index (χ1v) is 5.97. The van der Waals surface area contributed by atoms with E-state index in [-0.39, 0.29) is 5.75 Å². The van der Waals surface area contributed by atoms with Crippen molar-refractivity contribution >= 4 is 0 Å². The molecule has 2 rings (SSSR count). The van der Waals surface area contributed by atoms with E-state index in [9.17, 15) is 9.50 Å². The molecule has 1 fully saturated rings. The van der Waals surface area contributed by atoms with Gasteiger partial charge in [0.2, 0.25) is 0 Å². The minimum Gasteiger partial charge on any atom is -0.505 e. The molecule has 1 unspecified atom stereocenters. The van der Waals surface area contributed by atoms with Gasteiger partial charge in [-0.2, -0.15) is 0 Å². The average Bonchev–Trinajstić information content (AvgIpc) is 2.35. The molecule has 1 atom stereocenters. The van der Waals surface area contributed by atoms with E-state index in [1.54, 1.807) is 0 Å². The van der Waals surface area contributed by atoms with Crippen LogP contribution in [0.5, 0.6) is 11.5 Å². The van der Waals surface area contributed by atoms with Gasteiger partial charge in [0, 0.05) is 6.07 Å². The van der Waals surface area contributed by atoms with Crippen LogP contribution in [0.15, 0.2) is 12.1 Å². The molecule has 1 heterocycles. The number of piperidine rings is 1. The van der Waals surface area contributed by atoms with Crippen molar-refractivity contribution in [3.05, 3.63) is 23.5 Å². The van der Waals surface area contributed by atoms with E-state index in [1.165, 1.54) is 25.7 Å². The number of hydrogen-bond acceptors (Lipinski definition) is 3. The third kappa shape index (κ3) is 2.88. The maximum Gasteiger partial charge on any atom is 0.168 e. The highest BCUT2D eigenvalue weighted by atomic mass is 19.1. The van der Waals surface area contributed by atoms with Gasteiger partial charge in [0.25, 0.3) is 0 Å². The summed E-state index contributed by atoms with van der Waals surface area (Å²) >= 11 is 0. The van der Waals surface area contributed by atoms with Gasteiger partial charge in [-0.3, -0.25) is 0 Å². The number of nitrogens with one attached hydrogen (secondary N) is 1. The molecule has 1 aromatic rings. The van der Waals surface area contributed by atoms with Crippen LogP contribution in [0, 0.1) is 11.7 Å². The molecule has 1 aliphatic rings. The first kappa shape index (κ1) is 12.2. The minimum atomic E-state index is -0.632. The summed E-state index contributed by atoms with van der Waals surface area (Å²) in [4.78, 5) is 0. The number of hydrogen-bond donors (Lipinski definition) is 2. The van der Waals surface area contributed by atoms with E-state index in [0.717, 1.165) is 31.5 Å². The Morgan fingerprint density at radius 3 is 3.00 bits per heavy atom. The minimum absolute atomic E-state index is 0.301. The maximum atomic E-state index is 13.2. The van der Waals surface area contributed by atoms with Crippen LogP contribution in [-0.2, 0) is 6.42 Å². The number of halogens is 1. The third-order valence-electron chi connectivity index (χ3n) is 3.26. The summed E-state index contributed by atoms with van der Waals surface area (Å²) in [6.45, 7) is 2.05. The molecule has 0 saturated carbocycles. The van der Waals surface area contributed by atoms with Gasteiger partial charge in [-0.25, -0.2) is 4.39 Å². The highest BCUT2D eigenvalue weighted by Crippen LogP contribution is 2.29. The number of phenols is 1. The Hall–Kier alpha value is -1.29. The van der Waals surface area contributed by atoms with E-state index in [2.05, 4.69) is 5.32 Å². The highest BCUT2D eigenvalue weighted by Gasteiger charge is 2.17. The third-order valence-corrected chi connectivity index (χ3v) is 3.26. The number of phenolic OH excluding ortho intramolecular Hbond substituents is 1. The van der Waals surface area contributed by atoms with Gasteiger partial charge in [0.05, 0.1) is 7.11 Å². The summed E-state index contributed by atoms with van der Waals surface area (Å²) in [7, 11) is 1.52. The van der Waals surface area contributed by atoms with Crippen LogP contribution >= 0.6 is 0 Å². The number of rotatable bonds is 3. The van der Waals surface area contributed by atoms with Gasteiger partial charge in [0.15, 0.2) is 11.6 Å². The maximum absolute atomic E-state index is 13.2. The predicted octanol–water partition coefficient (Wildman–Crippen LogP) is 2.08. The fourth-order valence-corrected chi connectivity index (χ4v) is 2.35. The molecular weight excluding hydrogens is 221 g/mol. The standard InChI is InChI=1S/C13H18FNO2/c1-17-13-7-11(14)12(16)6-10(13)5-9-3-2-4-15-8-9/h6-7,9,15-16H,2-5,8H2,1H3. The van der Waals surface area contributed by atoms with Crippen molar-refractivity contribution < 1.29 is 14.2 Å². The van der Waals surface area contributed by atoms with E-state index in [1.807, 2.05) is 0 Å². The second-order valence-electron chi connectivity index (χ2n) is 4.53. The van der Waals surface area contributed by atoms with Crippen molar-refractivity contribution in [2.75, 3.05) is 20.2 Å². The van der Waals surface area contributed by atoms with Crippen molar-refractivity contribution in [2.45, 2.75) is 19.3 Å². The van der Waals surface area contributed by atoms with Gasteiger partial charge >= 0.3 is 0 Å². The van der Waals surface area contributed by atoms with Crippen molar-refractivity contribution in [1.29, 1.82) is 0 Å². The summed E-state index contributed by atoms with van der Waals surface area (Å²) in [6, 6.07) is 2.73. The quantitative estimate of drug-likeness (QED) is 0.848. The van der Waals surface area contributed by atoms with Crippen LogP contribution in [-0.4, -0.2) is 25.3 Å². The SMILES string of the molecule is COc1cc(F)c(O)cc1CC1CCCNC1. The summed E-state index contributed by atoms with van der Waals surface area (Å²) in [5.74, 6) is 0.116. The van der Waals surface area contributed by atoms with Gasteiger partial charge in [0.1, 0.15) is 5.75 Å². The zero-order valence-electron chi connectivity index (χ0n) is 10.0. The lowest BCUT2D eigenvalue weighted by Crippen LogP contribution is -2.30. The normalized spacial score (nSPS) is 20.2. The van der Waals surface area contributed by atoms with E-state index in [4.69, 9.17) is 4.74 Å². The molecular formula is C13H18FNO2. The number of aromatic hydroxyl groups is 1. The molecule has 3 nitrogen and oxygen atoms in total. The Balaban J connectivity index is 2.15. The molecule has 1 aliphatic heterocycles. The largest absolute Gasteiger partial charge is 0.505 e. The molecule has 1 aromatic carbocycles. The second-order valence-corrected chi connectivity index (χ2v) is 4.53. The molecule has 2 N–H and O–H groups in total. The van der Waals surface area contributed by atoms with Crippen molar-refractivity contribution in [1.82, 2.24) is 5.32 Å². The van der Waals surface area contributed by atoms with E-state index >= 15 is 0 Å².